The number of thioether (sulfide) groups is 1. The van der Waals surface area contributed by atoms with Crippen LogP contribution in [0.25, 0.3) is 0 Å². The topological polar surface area (TPSA) is 86.5 Å². The van der Waals surface area contributed by atoms with E-state index in [1.165, 1.54) is 11.8 Å². The van der Waals surface area contributed by atoms with Crippen molar-refractivity contribution in [2.75, 3.05) is 6.26 Å². The first kappa shape index (κ1) is 14.5. The van der Waals surface area contributed by atoms with Crippen molar-refractivity contribution in [2.24, 2.45) is 5.14 Å². The molecule has 0 saturated heterocycles. The Balaban J connectivity index is 3.27. The summed E-state index contributed by atoms with van der Waals surface area (Å²) in [7, 11) is -3.92. The molecule has 0 bridgehead atoms. The van der Waals surface area contributed by atoms with Gasteiger partial charge in [-0.25, -0.2) is 18.4 Å². The standard InChI is InChI=1S/C9H13NO4S3/c1-5(2)14-9(11)7-8(17(10,12)13)6(15-3)4-16-7/h4-5H,1-3H3,(H2,10,12,13). The van der Waals surface area contributed by atoms with Gasteiger partial charge in [0.05, 0.1) is 6.10 Å². The number of esters is 1. The number of carbonyl (C=O) groups excluding carboxylic acids is 1. The maximum atomic E-state index is 11.7. The van der Waals surface area contributed by atoms with Crippen LogP contribution >= 0.6 is 23.1 Å². The summed E-state index contributed by atoms with van der Waals surface area (Å²) in [5.41, 5.74) is 0. The highest BCUT2D eigenvalue weighted by atomic mass is 32.2. The number of hydrogen-bond donors (Lipinski definition) is 1. The van der Waals surface area contributed by atoms with E-state index in [9.17, 15) is 13.2 Å². The molecule has 0 unspecified atom stereocenters. The average Bonchev–Trinajstić information content (AvgIpc) is 2.58. The monoisotopic (exact) mass is 295 g/mol. The molecule has 96 valence electrons. The molecule has 0 spiro atoms. The molecule has 5 nitrogen and oxygen atoms in total. The number of sulfonamides is 1. The van der Waals surface area contributed by atoms with Crippen LogP contribution in [0.1, 0.15) is 23.5 Å². The van der Waals surface area contributed by atoms with Crippen molar-refractivity contribution in [3.05, 3.63) is 10.3 Å². The number of carbonyl (C=O) groups is 1. The highest BCUT2D eigenvalue weighted by molar-refractivity contribution is 7.99. The zero-order valence-corrected chi connectivity index (χ0v) is 12.0. The third-order valence-electron chi connectivity index (χ3n) is 1.75. The van der Waals surface area contributed by atoms with E-state index in [2.05, 4.69) is 0 Å². The van der Waals surface area contributed by atoms with E-state index >= 15 is 0 Å². The number of thiophene rings is 1. The Morgan fingerprint density at radius 3 is 2.53 bits per heavy atom. The lowest BCUT2D eigenvalue weighted by atomic mass is 10.4. The van der Waals surface area contributed by atoms with E-state index in [1.807, 2.05) is 0 Å². The normalized spacial score (nSPS) is 11.8. The van der Waals surface area contributed by atoms with Gasteiger partial charge < -0.3 is 4.74 Å². The minimum Gasteiger partial charge on any atom is -0.459 e. The fourth-order valence-corrected chi connectivity index (χ4v) is 4.58. The zero-order valence-electron chi connectivity index (χ0n) is 9.59. The Kier molecular flexibility index (Phi) is 4.59. The summed E-state index contributed by atoms with van der Waals surface area (Å²) < 4.78 is 27.9. The second-order valence-corrected chi connectivity index (χ2v) is 6.69. The lowest BCUT2D eigenvalue weighted by Crippen LogP contribution is -2.18. The summed E-state index contributed by atoms with van der Waals surface area (Å²) in [4.78, 5) is 12.1. The van der Waals surface area contributed by atoms with E-state index in [1.54, 1.807) is 25.5 Å². The van der Waals surface area contributed by atoms with Gasteiger partial charge in [-0.05, 0) is 20.1 Å². The third-order valence-corrected chi connectivity index (χ3v) is 4.87. The molecule has 1 aromatic rings. The van der Waals surface area contributed by atoms with Crippen LogP contribution in [-0.2, 0) is 14.8 Å². The van der Waals surface area contributed by atoms with Crippen molar-refractivity contribution < 1.29 is 17.9 Å². The summed E-state index contributed by atoms with van der Waals surface area (Å²) in [6, 6.07) is 0. The van der Waals surface area contributed by atoms with Gasteiger partial charge in [0.15, 0.2) is 0 Å². The lowest BCUT2D eigenvalue weighted by molar-refractivity contribution is 0.0379. The number of nitrogens with two attached hydrogens (primary N) is 1. The summed E-state index contributed by atoms with van der Waals surface area (Å²) >= 11 is 2.25. The summed E-state index contributed by atoms with van der Waals surface area (Å²) in [5.74, 6) is -0.658. The molecule has 0 atom stereocenters. The SMILES string of the molecule is CSc1csc(C(=O)OC(C)C)c1S(N)(=O)=O. The van der Waals surface area contributed by atoms with E-state index < -0.39 is 16.0 Å². The highest BCUT2D eigenvalue weighted by Gasteiger charge is 2.27. The number of hydrogen-bond acceptors (Lipinski definition) is 6. The van der Waals surface area contributed by atoms with Gasteiger partial charge in [0.25, 0.3) is 0 Å². The van der Waals surface area contributed by atoms with Gasteiger partial charge in [-0.1, -0.05) is 0 Å². The maximum absolute atomic E-state index is 11.7. The molecule has 1 aromatic heterocycles. The van der Waals surface area contributed by atoms with Crippen molar-refractivity contribution in [1.82, 2.24) is 0 Å². The van der Waals surface area contributed by atoms with Gasteiger partial charge in [-0.15, -0.1) is 23.1 Å². The molecule has 2 N–H and O–H groups in total. The fraction of sp³-hybridized carbons (Fsp3) is 0.444. The number of rotatable bonds is 4. The van der Waals surface area contributed by atoms with Crippen molar-refractivity contribution in [1.29, 1.82) is 0 Å². The molecule has 8 heteroatoms. The summed E-state index contributed by atoms with van der Waals surface area (Å²) in [6.45, 7) is 3.38. The number of primary sulfonamides is 1. The van der Waals surface area contributed by atoms with E-state index in [-0.39, 0.29) is 15.9 Å². The van der Waals surface area contributed by atoms with Crippen LogP contribution < -0.4 is 5.14 Å². The van der Waals surface area contributed by atoms with Gasteiger partial charge in [0.2, 0.25) is 10.0 Å². The van der Waals surface area contributed by atoms with Gasteiger partial charge >= 0.3 is 5.97 Å². The Morgan fingerprint density at radius 1 is 1.53 bits per heavy atom. The van der Waals surface area contributed by atoms with Gasteiger partial charge in [0, 0.05) is 10.3 Å². The largest absolute Gasteiger partial charge is 0.459 e. The Hall–Kier alpha value is -0.570. The van der Waals surface area contributed by atoms with Crippen LogP contribution in [0, 0.1) is 0 Å². The van der Waals surface area contributed by atoms with Gasteiger partial charge in [-0.2, -0.15) is 0 Å². The molecule has 0 fully saturated rings. The van der Waals surface area contributed by atoms with Crippen molar-refractivity contribution in [3.8, 4) is 0 Å². The van der Waals surface area contributed by atoms with Crippen molar-refractivity contribution in [3.63, 3.8) is 0 Å². The third kappa shape index (κ3) is 3.44. The smallest absolute Gasteiger partial charge is 0.350 e. The minimum absolute atomic E-state index is 0.0329. The molecule has 0 aliphatic rings. The molecule has 0 saturated carbocycles. The lowest BCUT2D eigenvalue weighted by Gasteiger charge is -2.08. The van der Waals surface area contributed by atoms with Crippen LogP contribution in [0.2, 0.25) is 0 Å². The first-order valence-electron chi connectivity index (χ1n) is 4.66. The molecule has 1 rings (SSSR count). The van der Waals surface area contributed by atoms with Crippen molar-refractivity contribution in [2.45, 2.75) is 29.7 Å². The maximum Gasteiger partial charge on any atom is 0.350 e. The summed E-state index contributed by atoms with van der Waals surface area (Å²) in [6.07, 6.45) is 1.41. The van der Waals surface area contributed by atoms with Crippen LogP contribution in [0.4, 0.5) is 0 Å². The van der Waals surface area contributed by atoms with Crippen LogP contribution in [-0.4, -0.2) is 26.7 Å². The van der Waals surface area contributed by atoms with Gasteiger partial charge in [-0.3, -0.25) is 0 Å². The van der Waals surface area contributed by atoms with Crippen molar-refractivity contribution >= 4 is 39.1 Å². The minimum atomic E-state index is -3.92. The van der Waals surface area contributed by atoms with Crippen LogP contribution in [0.15, 0.2) is 15.2 Å². The van der Waals surface area contributed by atoms with E-state index in [0.717, 1.165) is 11.3 Å². The Bertz CT molecular complexity index is 518. The van der Waals surface area contributed by atoms with Crippen LogP contribution in [0.5, 0.6) is 0 Å². The molecule has 0 aliphatic carbocycles. The summed E-state index contributed by atoms with van der Waals surface area (Å²) in [5, 5.41) is 6.69. The second-order valence-electron chi connectivity index (χ2n) is 3.46. The van der Waals surface area contributed by atoms with Crippen LogP contribution in [0.3, 0.4) is 0 Å². The first-order chi connectivity index (χ1) is 7.77. The highest BCUT2D eigenvalue weighted by Crippen LogP contribution is 2.33. The molecule has 0 aromatic carbocycles. The molecule has 0 radical (unpaired) electrons. The molecule has 0 amide bonds. The molecule has 17 heavy (non-hydrogen) atoms. The second kappa shape index (κ2) is 5.38. The number of ether oxygens (including phenoxy) is 1. The quantitative estimate of drug-likeness (QED) is 0.674. The molecular weight excluding hydrogens is 282 g/mol. The average molecular weight is 295 g/mol. The van der Waals surface area contributed by atoms with E-state index in [4.69, 9.17) is 9.88 Å². The molecule has 1 heterocycles. The predicted octanol–water partition coefficient (Wildman–Crippen LogP) is 1.68. The zero-order chi connectivity index (χ0) is 13.2. The van der Waals surface area contributed by atoms with E-state index in [0.29, 0.717) is 4.90 Å². The molecular formula is C9H13NO4S3. The Labute approximate surface area is 108 Å². The Morgan fingerprint density at radius 2 is 2.12 bits per heavy atom. The van der Waals surface area contributed by atoms with Gasteiger partial charge in [0.1, 0.15) is 9.77 Å². The predicted molar refractivity (Wildman–Crippen MR) is 68.0 cm³/mol. The first-order valence-corrected chi connectivity index (χ1v) is 8.31. The molecule has 0 aliphatic heterocycles. The fourth-order valence-electron chi connectivity index (χ4n) is 1.15.